The second-order valence-corrected chi connectivity index (χ2v) is 10.3. The van der Waals surface area contributed by atoms with Gasteiger partial charge in [-0.2, -0.15) is 0 Å². The third kappa shape index (κ3) is 3.79. The van der Waals surface area contributed by atoms with Crippen molar-refractivity contribution in [2.75, 3.05) is 20.2 Å². The van der Waals surface area contributed by atoms with E-state index in [9.17, 15) is 10.0 Å². The Labute approximate surface area is 186 Å². The maximum absolute atomic E-state index is 12.6. The van der Waals surface area contributed by atoms with E-state index >= 15 is 0 Å². The van der Waals surface area contributed by atoms with E-state index in [0.29, 0.717) is 30.1 Å². The molecule has 6 atom stereocenters. The molecule has 4 saturated carbocycles. The van der Waals surface area contributed by atoms with E-state index in [2.05, 4.69) is 29.5 Å². The third-order valence-corrected chi connectivity index (χ3v) is 9.01. The molecule has 0 radical (unpaired) electrons. The molecule has 6 nitrogen and oxygen atoms in total. The molecule has 2 N–H and O–H groups in total. The highest BCUT2D eigenvalue weighted by Crippen LogP contribution is 2.64. The number of nitrogens with one attached hydrogen (secondary N) is 1. The normalized spacial score (nSPS) is 43.0. The number of hydrogen-bond acceptors (Lipinski definition) is 6. The van der Waals surface area contributed by atoms with E-state index in [1.165, 1.54) is 0 Å². The molecule has 4 fully saturated rings. The van der Waals surface area contributed by atoms with Crippen molar-refractivity contribution >= 4 is 29.6 Å². The molecule has 0 heterocycles. The molecule has 0 aromatic rings. The number of carbonyl (C=O) groups is 1. The Morgan fingerprint density at radius 3 is 2.70 bits per heavy atom. The largest absolute Gasteiger partial charge is 0.411 e. The minimum Gasteiger partial charge on any atom is -0.411 e. The maximum Gasteiger partial charge on any atom is 0.139 e. The first-order chi connectivity index (χ1) is 13.9. The Kier molecular flexibility index (Phi) is 7.18. The van der Waals surface area contributed by atoms with Gasteiger partial charge in [-0.1, -0.05) is 24.2 Å². The fraction of sp³-hybridized carbons (Fsp3) is 0.870. The summed E-state index contributed by atoms with van der Waals surface area (Å²) >= 11 is 0. The number of nitrogens with zero attached hydrogens (tertiary/aromatic N) is 2. The molecule has 0 aromatic heterocycles. The highest BCUT2D eigenvalue weighted by atomic mass is 35.5. The topological polar surface area (TPSA) is 83.3 Å². The molecule has 4 aliphatic carbocycles. The van der Waals surface area contributed by atoms with E-state index in [-0.39, 0.29) is 29.2 Å². The highest BCUT2D eigenvalue weighted by Gasteiger charge is 2.61. The van der Waals surface area contributed by atoms with Gasteiger partial charge in [-0.25, -0.2) is 0 Å². The minimum absolute atomic E-state index is 0. The molecule has 30 heavy (non-hydrogen) atoms. The Morgan fingerprint density at radius 2 is 1.97 bits per heavy atom. The van der Waals surface area contributed by atoms with Gasteiger partial charge in [0.1, 0.15) is 12.4 Å². The summed E-state index contributed by atoms with van der Waals surface area (Å²) in [6.45, 7) is 6.17. The van der Waals surface area contributed by atoms with Crippen molar-refractivity contribution in [1.29, 1.82) is 0 Å². The van der Waals surface area contributed by atoms with Crippen LogP contribution >= 0.6 is 12.4 Å². The summed E-state index contributed by atoms with van der Waals surface area (Å²) < 4.78 is 0. The predicted octanol–water partition coefficient (Wildman–Crippen LogP) is 4.44. The minimum atomic E-state index is -0.145. The summed E-state index contributed by atoms with van der Waals surface area (Å²) in [4.78, 5) is 18.2. The van der Waals surface area contributed by atoms with Crippen molar-refractivity contribution in [2.45, 2.75) is 71.6 Å². The Hall–Kier alpha value is -1.14. The predicted molar refractivity (Wildman–Crippen MR) is 121 cm³/mol. The number of fused-ring (bicyclic) bond motifs is 5. The van der Waals surface area contributed by atoms with Crippen LogP contribution in [-0.2, 0) is 9.63 Å². The van der Waals surface area contributed by atoms with Gasteiger partial charge in [0.25, 0.3) is 0 Å². The van der Waals surface area contributed by atoms with E-state index in [1.54, 1.807) is 0 Å². The second-order valence-electron chi connectivity index (χ2n) is 10.3. The van der Waals surface area contributed by atoms with Crippen LogP contribution in [0.4, 0.5) is 0 Å². The molecule has 4 aliphatic rings. The van der Waals surface area contributed by atoms with Gasteiger partial charge in [0.2, 0.25) is 0 Å². The van der Waals surface area contributed by atoms with Crippen molar-refractivity contribution in [1.82, 2.24) is 5.32 Å². The molecular formula is C23H38ClN3O3. The van der Waals surface area contributed by atoms with Crippen molar-refractivity contribution in [3.63, 3.8) is 0 Å². The molecule has 7 heteroatoms. The fourth-order valence-electron chi connectivity index (χ4n) is 7.29. The first kappa shape index (κ1) is 23.5. The van der Waals surface area contributed by atoms with E-state index in [1.807, 2.05) is 7.05 Å². The summed E-state index contributed by atoms with van der Waals surface area (Å²) in [5, 5.41) is 21.2. The first-order valence-corrected chi connectivity index (χ1v) is 11.5. The van der Waals surface area contributed by atoms with Crippen LogP contribution in [-0.4, -0.2) is 42.6 Å². The lowest BCUT2D eigenvalue weighted by molar-refractivity contribution is -0.133. The van der Waals surface area contributed by atoms with Gasteiger partial charge in [0.05, 0.1) is 11.4 Å². The van der Waals surface area contributed by atoms with Gasteiger partial charge in [-0.3, -0.25) is 4.79 Å². The van der Waals surface area contributed by atoms with E-state index in [0.717, 1.165) is 75.8 Å². The number of halogens is 1. The summed E-state index contributed by atoms with van der Waals surface area (Å²) in [5.41, 5.74) is 2.02. The smallest absolute Gasteiger partial charge is 0.139 e. The van der Waals surface area contributed by atoms with Crippen LogP contribution in [0.15, 0.2) is 10.3 Å². The second kappa shape index (κ2) is 9.15. The number of Topliss-reactive ketones (excluding diaryl/α,β-unsaturated/α-hetero) is 1. The highest BCUT2D eigenvalue weighted by molar-refractivity contribution is 5.96. The zero-order valence-electron chi connectivity index (χ0n) is 18.7. The monoisotopic (exact) mass is 439 g/mol. The Bertz CT molecular complexity index is 712. The summed E-state index contributed by atoms with van der Waals surface area (Å²) in [6, 6.07) is 0. The van der Waals surface area contributed by atoms with E-state index in [4.69, 9.17) is 4.84 Å². The molecule has 0 aromatic carbocycles. The number of rotatable bonds is 5. The number of ketones is 1. The molecule has 0 unspecified atom stereocenters. The van der Waals surface area contributed by atoms with Crippen LogP contribution in [0.2, 0.25) is 0 Å². The molecule has 4 rings (SSSR count). The lowest BCUT2D eigenvalue weighted by atomic mass is 9.45. The van der Waals surface area contributed by atoms with Crippen LogP contribution < -0.4 is 5.32 Å². The van der Waals surface area contributed by atoms with Gasteiger partial charge in [0, 0.05) is 17.8 Å². The molecule has 0 aliphatic heterocycles. The average Bonchev–Trinajstić information content (AvgIpc) is 3.02. The van der Waals surface area contributed by atoms with Crippen LogP contribution in [0.3, 0.4) is 0 Å². The average molecular weight is 440 g/mol. The Balaban J connectivity index is 0.00000256. The van der Waals surface area contributed by atoms with Crippen molar-refractivity contribution in [2.24, 2.45) is 44.8 Å². The van der Waals surface area contributed by atoms with Crippen LogP contribution in [0.1, 0.15) is 71.6 Å². The van der Waals surface area contributed by atoms with Crippen LogP contribution in [0.5, 0.6) is 0 Å². The van der Waals surface area contributed by atoms with Crippen molar-refractivity contribution in [3.8, 4) is 0 Å². The van der Waals surface area contributed by atoms with Gasteiger partial charge in [-0.15, -0.1) is 12.4 Å². The molecule has 0 amide bonds. The number of oxime groups is 2. The van der Waals surface area contributed by atoms with Gasteiger partial charge in [-0.05, 0) is 88.1 Å². The van der Waals surface area contributed by atoms with Crippen molar-refractivity contribution in [3.05, 3.63) is 0 Å². The summed E-state index contributed by atoms with van der Waals surface area (Å²) in [7, 11) is 1.94. The van der Waals surface area contributed by atoms with Gasteiger partial charge < -0.3 is 15.4 Å². The summed E-state index contributed by atoms with van der Waals surface area (Å²) in [5.74, 6) is 2.24. The zero-order valence-corrected chi connectivity index (χ0v) is 19.5. The molecular weight excluding hydrogens is 402 g/mol. The molecule has 0 spiro atoms. The number of hydrogen-bond donors (Lipinski definition) is 2. The maximum atomic E-state index is 12.6. The lowest BCUT2D eigenvalue weighted by Crippen LogP contribution is -2.56. The van der Waals surface area contributed by atoms with Crippen LogP contribution in [0.25, 0.3) is 0 Å². The van der Waals surface area contributed by atoms with Gasteiger partial charge >= 0.3 is 0 Å². The standard InChI is InChI=1S/C23H37N3O3.ClH/c1-22-9-7-15(26-29-12-4-11-24-3)13-19(22)20(25-28)14-16-17-5-6-21(27)23(17,2)10-8-18(16)22;/h16-19,24,28H,4-14H2,1-3H3;1H/b25-20+,26-15+;/t16-,17-,18-,19+,22+,23-;/m0./s1. The van der Waals surface area contributed by atoms with Gasteiger partial charge in [0.15, 0.2) is 0 Å². The quantitative estimate of drug-likeness (QED) is 0.376. The molecule has 170 valence electrons. The first-order valence-electron chi connectivity index (χ1n) is 11.5. The third-order valence-electron chi connectivity index (χ3n) is 9.01. The SMILES string of the molecule is CNCCCO/N=C1\CC[C@@]2(C)[C@H](C1)/C(=N/O)C[C@@H]1[C@@H]2CC[C@]2(C)C(=O)CC[C@@H]12.Cl. The van der Waals surface area contributed by atoms with Crippen LogP contribution in [0, 0.1) is 34.5 Å². The molecule has 0 bridgehead atoms. The fourth-order valence-corrected chi connectivity index (χ4v) is 7.29. The Morgan fingerprint density at radius 1 is 1.17 bits per heavy atom. The van der Waals surface area contributed by atoms with Crippen molar-refractivity contribution < 1.29 is 14.8 Å². The summed E-state index contributed by atoms with van der Waals surface area (Å²) in [6.07, 6.45) is 8.55. The van der Waals surface area contributed by atoms with E-state index < -0.39 is 0 Å². The number of carbonyl (C=O) groups excluding carboxylic acids is 1. The zero-order chi connectivity index (χ0) is 20.6. The molecule has 0 saturated heterocycles. The lowest BCUT2D eigenvalue weighted by Gasteiger charge is -2.59.